The maximum Gasteiger partial charge on any atom is 0.0602 e. The second kappa shape index (κ2) is 6.01. The normalized spacial score (nSPS) is 59.9. The van der Waals surface area contributed by atoms with Gasteiger partial charge < -0.3 is 5.21 Å². The average Bonchev–Trinajstić information content (AvgIpc) is 3.04. The molecule has 0 aliphatic heterocycles. The Labute approximate surface area is 172 Å². The lowest BCUT2D eigenvalue weighted by Gasteiger charge is -2.71. The zero-order valence-electron chi connectivity index (χ0n) is 19.1. The van der Waals surface area contributed by atoms with Crippen LogP contribution in [0.15, 0.2) is 5.16 Å². The monoisotopic (exact) mass is 385 g/mol. The van der Waals surface area contributed by atoms with Gasteiger partial charge in [-0.25, -0.2) is 0 Å². The molecule has 2 heteroatoms. The van der Waals surface area contributed by atoms with Crippen LogP contribution >= 0.6 is 0 Å². The highest BCUT2D eigenvalue weighted by molar-refractivity contribution is 5.87. The molecule has 5 aliphatic rings. The largest absolute Gasteiger partial charge is 0.411 e. The molecule has 8 unspecified atom stereocenters. The molecule has 5 aliphatic carbocycles. The van der Waals surface area contributed by atoms with E-state index in [2.05, 4.69) is 39.8 Å². The molecule has 5 saturated carbocycles. The molecule has 0 aromatic heterocycles. The second-order valence-electron chi connectivity index (χ2n) is 12.8. The molecular formula is C26H43NO. The van der Waals surface area contributed by atoms with Crippen LogP contribution in [-0.2, 0) is 0 Å². The minimum atomic E-state index is 0.436. The van der Waals surface area contributed by atoms with Crippen LogP contribution in [-0.4, -0.2) is 10.9 Å². The summed E-state index contributed by atoms with van der Waals surface area (Å²) in [5, 5.41) is 13.2. The first kappa shape index (κ1) is 19.4. The maximum atomic E-state index is 9.51. The Morgan fingerprint density at radius 3 is 2.32 bits per heavy atom. The second-order valence-corrected chi connectivity index (χ2v) is 12.8. The van der Waals surface area contributed by atoms with Crippen LogP contribution in [0.5, 0.6) is 0 Å². The summed E-state index contributed by atoms with van der Waals surface area (Å²) < 4.78 is 0. The Bertz CT molecular complexity index is 686. The van der Waals surface area contributed by atoms with E-state index in [0.717, 1.165) is 29.9 Å². The standard InChI is InChI=1S/C26H43NO/c1-17-18-10-14-26(5)22(24(18,3)13-11-21(17)27-28)9-8-20-19-7-6-12-23(19,2)15-16-25(20,26)4/h17-20,22,28H,6-16H2,1-5H3/b27-21+/t17?,18?,19?,20?,22?,23?,24?,25-,26?/m1/s1. The predicted molar refractivity (Wildman–Crippen MR) is 116 cm³/mol. The molecular weight excluding hydrogens is 342 g/mol. The van der Waals surface area contributed by atoms with Crippen molar-refractivity contribution in [2.75, 3.05) is 0 Å². The number of hydrogen-bond acceptors (Lipinski definition) is 2. The lowest BCUT2D eigenvalue weighted by Crippen LogP contribution is -2.64. The summed E-state index contributed by atoms with van der Waals surface area (Å²) in [5.41, 5.74) is 3.20. The first-order chi connectivity index (χ1) is 13.2. The summed E-state index contributed by atoms with van der Waals surface area (Å²) in [6.07, 6.45) is 15.3. The fourth-order valence-corrected chi connectivity index (χ4v) is 10.5. The predicted octanol–water partition coefficient (Wildman–Crippen LogP) is 7.30. The highest BCUT2D eigenvalue weighted by atomic mass is 16.4. The average molecular weight is 386 g/mol. The summed E-state index contributed by atoms with van der Waals surface area (Å²) in [6, 6.07) is 0. The molecule has 9 atom stereocenters. The van der Waals surface area contributed by atoms with Crippen molar-refractivity contribution >= 4 is 5.71 Å². The molecule has 0 aromatic rings. The fraction of sp³-hybridized carbons (Fsp3) is 0.962. The fourth-order valence-electron chi connectivity index (χ4n) is 10.5. The number of oxime groups is 1. The minimum Gasteiger partial charge on any atom is -0.411 e. The van der Waals surface area contributed by atoms with Crippen LogP contribution in [0, 0.1) is 51.2 Å². The van der Waals surface area contributed by atoms with E-state index in [1.54, 1.807) is 0 Å². The molecule has 0 radical (unpaired) electrons. The third-order valence-corrected chi connectivity index (χ3v) is 12.3. The van der Waals surface area contributed by atoms with Crippen LogP contribution < -0.4 is 0 Å². The summed E-state index contributed by atoms with van der Waals surface area (Å²) in [7, 11) is 0. The molecule has 5 rings (SSSR count). The Morgan fingerprint density at radius 1 is 0.786 bits per heavy atom. The quantitative estimate of drug-likeness (QED) is 0.344. The Hall–Kier alpha value is -0.530. The van der Waals surface area contributed by atoms with Gasteiger partial charge in [0.2, 0.25) is 0 Å². The van der Waals surface area contributed by atoms with Crippen molar-refractivity contribution in [3.05, 3.63) is 0 Å². The highest BCUT2D eigenvalue weighted by Gasteiger charge is 2.68. The van der Waals surface area contributed by atoms with Crippen LogP contribution in [0.2, 0.25) is 0 Å². The van der Waals surface area contributed by atoms with Gasteiger partial charge in [0.1, 0.15) is 0 Å². The van der Waals surface area contributed by atoms with Gasteiger partial charge in [-0.1, -0.05) is 46.2 Å². The third kappa shape index (κ3) is 2.19. The van der Waals surface area contributed by atoms with E-state index < -0.39 is 0 Å². The van der Waals surface area contributed by atoms with Crippen molar-refractivity contribution in [2.24, 2.45) is 56.4 Å². The molecule has 0 spiro atoms. The summed E-state index contributed by atoms with van der Waals surface area (Å²) in [5.74, 6) is 3.99. The lowest BCUT2D eigenvalue weighted by atomic mass is 9.33. The van der Waals surface area contributed by atoms with Gasteiger partial charge in [0.15, 0.2) is 0 Å². The smallest absolute Gasteiger partial charge is 0.0602 e. The summed E-state index contributed by atoms with van der Waals surface area (Å²) in [4.78, 5) is 0. The van der Waals surface area contributed by atoms with Gasteiger partial charge in [0.05, 0.1) is 5.71 Å². The van der Waals surface area contributed by atoms with Crippen molar-refractivity contribution in [1.29, 1.82) is 0 Å². The van der Waals surface area contributed by atoms with Crippen molar-refractivity contribution < 1.29 is 5.21 Å². The number of nitrogens with zero attached hydrogens (tertiary/aromatic N) is 1. The summed E-state index contributed by atoms with van der Waals surface area (Å²) in [6.45, 7) is 13.1. The van der Waals surface area contributed by atoms with Crippen molar-refractivity contribution in [1.82, 2.24) is 0 Å². The molecule has 0 saturated heterocycles. The number of fused-ring (bicyclic) bond motifs is 7. The SMILES string of the molecule is CC1/C(=N/O)CCC2(C)C1CCC1(C)C2CCC2C3CCCC3(C)CC[C@]21C. The zero-order chi connectivity index (χ0) is 19.9. The molecule has 0 aromatic carbocycles. The van der Waals surface area contributed by atoms with Crippen molar-refractivity contribution in [3.63, 3.8) is 0 Å². The van der Waals surface area contributed by atoms with Gasteiger partial charge in [0.25, 0.3) is 0 Å². The van der Waals surface area contributed by atoms with E-state index in [4.69, 9.17) is 0 Å². The molecule has 1 N–H and O–H groups in total. The van der Waals surface area contributed by atoms with E-state index in [-0.39, 0.29) is 0 Å². The summed E-state index contributed by atoms with van der Waals surface area (Å²) >= 11 is 0. The Kier molecular flexibility index (Phi) is 4.17. The Balaban J connectivity index is 1.52. The number of rotatable bonds is 0. The van der Waals surface area contributed by atoms with E-state index >= 15 is 0 Å². The molecule has 0 heterocycles. The molecule has 158 valence electrons. The molecule has 5 fully saturated rings. The zero-order valence-corrected chi connectivity index (χ0v) is 19.1. The minimum absolute atomic E-state index is 0.436. The van der Waals surface area contributed by atoms with Crippen LogP contribution in [0.1, 0.15) is 105 Å². The highest BCUT2D eigenvalue weighted by Crippen LogP contribution is 2.75. The van der Waals surface area contributed by atoms with Crippen LogP contribution in [0.25, 0.3) is 0 Å². The van der Waals surface area contributed by atoms with Gasteiger partial charge >= 0.3 is 0 Å². The lowest BCUT2D eigenvalue weighted by molar-refractivity contribution is -0.218. The molecule has 0 bridgehead atoms. The first-order valence-corrected chi connectivity index (χ1v) is 12.4. The molecule has 28 heavy (non-hydrogen) atoms. The van der Waals surface area contributed by atoms with Crippen LogP contribution in [0.3, 0.4) is 0 Å². The molecule has 0 amide bonds. The van der Waals surface area contributed by atoms with E-state index in [0.29, 0.717) is 33.5 Å². The maximum absolute atomic E-state index is 9.51. The topological polar surface area (TPSA) is 32.6 Å². The van der Waals surface area contributed by atoms with Gasteiger partial charge in [-0.05, 0) is 110 Å². The van der Waals surface area contributed by atoms with Crippen molar-refractivity contribution in [2.45, 2.75) is 105 Å². The van der Waals surface area contributed by atoms with Gasteiger partial charge in [0, 0.05) is 5.92 Å². The first-order valence-electron chi connectivity index (χ1n) is 12.4. The third-order valence-electron chi connectivity index (χ3n) is 12.3. The number of hydrogen-bond donors (Lipinski definition) is 1. The van der Waals surface area contributed by atoms with E-state index in [1.807, 2.05) is 0 Å². The van der Waals surface area contributed by atoms with E-state index in [9.17, 15) is 5.21 Å². The Morgan fingerprint density at radius 2 is 1.57 bits per heavy atom. The van der Waals surface area contributed by atoms with E-state index in [1.165, 1.54) is 64.2 Å². The van der Waals surface area contributed by atoms with Crippen LogP contribution in [0.4, 0.5) is 0 Å². The van der Waals surface area contributed by atoms with Gasteiger partial charge in [-0.3, -0.25) is 0 Å². The molecule has 2 nitrogen and oxygen atoms in total. The van der Waals surface area contributed by atoms with Gasteiger partial charge in [-0.15, -0.1) is 0 Å². The van der Waals surface area contributed by atoms with Crippen molar-refractivity contribution in [3.8, 4) is 0 Å². The van der Waals surface area contributed by atoms with Gasteiger partial charge in [-0.2, -0.15) is 0 Å².